The number of benzene rings is 5. The number of nitrogens with zero attached hydrogens (tertiary/aromatic N) is 2. The van der Waals surface area contributed by atoms with Crippen LogP contribution in [-0.4, -0.2) is 70.0 Å². The Hall–Kier alpha value is -6.78. The van der Waals surface area contributed by atoms with Crippen molar-refractivity contribution in [1.29, 1.82) is 0 Å². The minimum Gasteiger partial charge on any atom is -0.491 e. The number of morpholine rings is 1. The normalized spacial score (nSPS) is 23.5. The van der Waals surface area contributed by atoms with E-state index in [1.54, 1.807) is 54.3 Å². The summed E-state index contributed by atoms with van der Waals surface area (Å²) in [5.74, 6) is 1.18. The van der Waals surface area contributed by atoms with Gasteiger partial charge in [-0.3, -0.25) is 19.3 Å². The van der Waals surface area contributed by atoms with Gasteiger partial charge in [0.15, 0.2) is 0 Å². The maximum atomic E-state index is 16.1. The fraction of sp³-hybridized carbons (Fsp3) is 0.250. The van der Waals surface area contributed by atoms with E-state index < -0.39 is 65.5 Å². The average Bonchev–Trinajstić information content (AvgIpc) is 3.73. The number of amides is 3. The van der Waals surface area contributed by atoms with E-state index in [1.807, 2.05) is 91.0 Å². The van der Waals surface area contributed by atoms with Crippen LogP contribution in [0.1, 0.15) is 71.0 Å². The zero-order valence-corrected chi connectivity index (χ0v) is 32.7. The summed E-state index contributed by atoms with van der Waals surface area (Å²) in [5, 5.41) is 34.0. The van der Waals surface area contributed by atoms with Crippen molar-refractivity contribution in [3.63, 3.8) is 0 Å². The van der Waals surface area contributed by atoms with Crippen molar-refractivity contribution < 1.29 is 44.0 Å². The Morgan fingerprint density at radius 1 is 0.833 bits per heavy atom. The van der Waals surface area contributed by atoms with E-state index in [4.69, 9.17) is 9.47 Å². The molecule has 304 valence electrons. The monoisotopic (exact) mass is 805 g/mol. The van der Waals surface area contributed by atoms with Gasteiger partial charge in [-0.1, -0.05) is 121 Å². The molecule has 8 rings (SSSR count). The van der Waals surface area contributed by atoms with Gasteiger partial charge in [-0.05, 0) is 53.4 Å². The number of ether oxygens (including phenoxy) is 2. The highest BCUT2D eigenvalue weighted by atomic mass is 16.6. The van der Waals surface area contributed by atoms with Crippen LogP contribution in [0.25, 0.3) is 0 Å². The number of aliphatic hydroxyl groups excluding tert-OH is 2. The van der Waals surface area contributed by atoms with Crippen molar-refractivity contribution in [3.8, 4) is 17.6 Å². The van der Waals surface area contributed by atoms with Crippen LogP contribution in [-0.2, 0) is 24.5 Å². The van der Waals surface area contributed by atoms with Gasteiger partial charge < -0.3 is 30.1 Å². The highest BCUT2D eigenvalue weighted by Crippen LogP contribution is 2.66. The topological polar surface area (TPSA) is 166 Å². The van der Waals surface area contributed by atoms with Crippen LogP contribution in [0.3, 0.4) is 0 Å². The van der Waals surface area contributed by atoms with Crippen LogP contribution >= 0.6 is 0 Å². The van der Waals surface area contributed by atoms with Gasteiger partial charge in [-0.25, -0.2) is 9.69 Å². The predicted molar refractivity (Wildman–Crippen MR) is 221 cm³/mol. The Morgan fingerprint density at radius 2 is 1.48 bits per heavy atom. The minimum atomic E-state index is -2.19. The second kappa shape index (κ2) is 16.8. The Morgan fingerprint density at radius 3 is 2.15 bits per heavy atom. The number of hydrogen-bond acceptors (Lipinski definition) is 9. The number of carboxylic acids is 1. The molecule has 60 heavy (non-hydrogen) atoms. The van der Waals surface area contributed by atoms with Crippen molar-refractivity contribution in [2.24, 2.45) is 5.92 Å². The number of aliphatic hydroxyl groups is 2. The van der Waals surface area contributed by atoms with Crippen LogP contribution in [0.5, 0.6) is 5.75 Å². The van der Waals surface area contributed by atoms with E-state index in [0.29, 0.717) is 22.3 Å². The van der Waals surface area contributed by atoms with Gasteiger partial charge in [0, 0.05) is 17.5 Å². The van der Waals surface area contributed by atoms with Gasteiger partial charge in [-0.15, -0.1) is 0 Å². The highest BCUT2D eigenvalue weighted by Gasteiger charge is 2.76. The zero-order valence-electron chi connectivity index (χ0n) is 32.7. The van der Waals surface area contributed by atoms with Crippen molar-refractivity contribution >= 4 is 29.6 Å². The van der Waals surface area contributed by atoms with E-state index in [-0.39, 0.29) is 43.2 Å². The number of carboxylic acid groups (broad SMARTS) is 1. The maximum absolute atomic E-state index is 16.1. The Bertz CT molecular complexity index is 2470. The molecule has 0 aromatic heterocycles. The SMILES string of the molecule is C[C@@H](NC(=O)N1C(=O)[C@@]2(c3cc(C#CCCO)ccc31)[C@H](c1ccccc1OCCO)N1[C@H](c3ccccc3)[C@H](c3ccccc3)OC(=O)[C@H]1[C@@H]2C(=O)O)c1ccccc1. The van der Waals surface area contributed by atoms with Gasteiger partial charge in [0.05, 0.1) is 37.0 Å². The predicted octanol–water partition coefficient (Wildman–Crippen LogP) is 6.01. The van der Waals surface area contributed by atoms with E-state index in [1.165, 1.54) is 0 Å². The lowest BCUT2D eigenvalue weighted by atomic mass is 9.65. The van der Waals surface area contributed by atoms with E-state index in [0.717, 1.165) is 10.5 Å². The first-order valence-electron chi connectivity index (χ1n) is 19.8. The molecule has 0 bridgehead atoms. The van der Waals surface area contributed by atoms with Crippen LogP contribution in [0, 0.1) is 17.8 Å². The summed E-state index contributed by atoms with van der Waals surface area (Å²) in [5.41, 5.74) is 0.967. The second-order valence-electron chi connectivity index (χ2n) is 14.9. The fourth-order valence-electron chi connectivity index (χ4n) is 9.22. The standard InChI is InChI=1S/C48H43N3O9/c1-30(32-16-5-2-6-17-32)49-47(58)50-37-25-24-31(15-13-14-26-52)29-36(37)48(46(50)57)39(44(54)55)41-45(56)60-42(34-20-9-4-10-21-34)40(33-18-7-3-8-19-33)51(41)43(48)35-22-11-12-23-38(35)59-28-27-53/h2-12,16-25,29-30,39-43,52-53H,14,26-28H2,1H3,(H,49,58)(H,54,55)/t30-,39-,40-,41-,42+,43+,48-/m1/s1. The third kappa shape index (κ3) is 6.76. The number of fused-ring (bicyclic) bond motifs is 3. The van der Waals surface area contributed by atoms with Crippen molar-refractivity contribution in [1.82, 2.24) is 10.2 Å². The lowest BCUT2D eigenvalue weighted by molar-refractivity contribution is -0.179. The van der Waals surface area contributed by atoms with Crippen LogP contribution in [0.15, 0.2) is 133 Å². The van der Waals surface area contributed by atoms with Crippen molar-refractivity contribution in [3.05, 3.63) is 167 Å². The van der Waals surface area contributed by atoms with Gasteiger partial charge in [0.1, 0.15) is 35.8 Å². The number of nitrogens with one attached hydrogen (secondary N) is 1. The van der Waals surface area contributed by atoms with E-state index in [2.05, 4.69) is 17.2 Å². The first-order chi connectivity index (χ1) is 29.2. The first kappa shape index (κ1) is 40.0. The summed E-state index contributed by atoms with van der Waals surface area (Å²) in [4.78, 5) is 62.6. The van der Waals surface area contributed by atoms with Crippen molar-refractivity contribution in [2.45, 2.75) is 49.0 Å². The molecule has 7 atom stereocenters. The number of rotatable bonds is 10. The van der Waals surface area contributed by atoms with Crippen LogP contribution in [0.4, 0.5) is 10.5 Å². The Kier molecular flexibility index (Phi) is 11.2. The van der Waals surface area contributed by atoms with Gasteiger partial charge in [0.2, 0.25) is 5.91 Å². The molecular formula is C48H43N3O9. The van der Waals surface area contributed by atoms with Gasteiger partial charge >= 0.3 is 18.0 Å². The van der Waals surface area contributed by atoms with Crippen LogP contribution < -0.4 is 15.0 Å². The molecule has 3 amide bonds. The highest BCUT2D eigenvalue weighted by molar-refractivity contribution is 6.24. The number of para-hydroxylation sites is 1. The van der Waals surface area contributed by atoms with Crippen molar-refractivity contribution in [2.75, 3.05) is 24.7 Å². The molecule has 5 aromatic rings. The number of cyclic esters (lactones) is 1. The number of anilines is 1. The Labute approximate surface area is 347 Å². The minimum absolute atomic E-state index is 0.125. The van der Waals surface area contributed by atoms with E-state index >= 15 is 4.79 Å². The lowest BCUT2D eigenvalue weighted by Gasteiger charge is -2.46. The molecule has 0 unspecified atom stereocenters. The second-order valence-corrected chi connectivity index (χ2v) is 14.9. The number of esters is 1. The average molecular weight is 806 g/mol. The molecule has 12 heteroatoms. The number of imide groups is 1. The molecule has 5 aromatic carbocycles. The summed E-state index contributed by atoms with van der Waals surface area (Å²) in [6.45, 7) is 1.13. The fourth-order valence-corrected chi connectivity index (χ4v) is 9.22. The van der Waals surface area contributed by atoms with E-state index in [9.17, 15) is 29.7 Å². The molecule has 2 fully saturated rings. The quantitative estimate of drug-likeness (QED) is 0.0970. The molecule has 0 radical (unpaired) electrons. The molecule has 0 saturated carbocycles. The van der Waals surface area contributed by atoms with Gasteiger partial charge in [0.25, 0.3) is 0 Å². The lowest BCUT2D eigenvalue weighted by Crippen LogP contribution is -2.54. The number of carbonyl (C=O) groups excluding carboxylic acids is 3. The summed E-state index contributed by atoms with van der Waals surface area (Å²) in [6.07, 6.45) is -0.808. The maximum Gasteiger partial charge on any atom is 0.329 e. The number of urea groups is 1. The van der Waals surface area contributed by atoms with Crippen LogP contribution in [0.2, 0.25) is 0 Å². The smallest absolute Gasteiger partial charge is 0.329 e. The molecule has 12 nitrogen and oxygen atoms in total. The number of aliphatic carboxylic acids is 1. The van der Waals surface area contributed by atoms with Gasteiger partial charge in [-0.2, -0.15) is 0 Å². The first-order valence-corrected chi connectivity index (χ1v) is 19.8. The molecule has 3 aliphatic rings. The molecule has 3 heterocycles. The summed E-state index contributed by atoms with van der Waals surface area (Å²) in [6, 6.07) is 34.2. The molecule has 0 aliphatic carbocycles. The number of carbonyl (C=O) groups is 4. The Balaban J connectivity index is 1.44. The molecule has 2 saturated heterocycles. The third-order valence-corrected chi connectivity index (χ3v) is 11.6. The molecule has 3 aliphatic heterocycles. The number of hydrogen-bond donors (Lipinski definition) is 4. The summed E-state index contributed by atoms with van der Waals surface area (Å²) in [7, 11) is 0. The largest absolute Gasteiger partial charge is 0.491 e. The summed E-state index contributed by atoms with van der Waals surface area (Å²) < 4.78 is 12.5. The molecular weight excluding hydrogens is 763 g/mol. The molecule has 1 spiro atoms. The third-order valence-electron chi connectivity index (χ3n) is 11.6. The zero-order chi connectivity index (χ0) is 42.0. The molecule has 4 N–H and O–H groups in total. The summed E-state index contributed by atoms with van der Waals surface area (Å²) >= 11 is 0.